The molecular formula is C26H27FN4O2. The summed E-state index contributed by atoms with van der Waals surface area (Å²) in [6.45, 7) is 4.30. The Kier molecular flexibility index (Phi) is 5.27. The second kappa shape index (κ2) is 8.14. The van der Waals surface area contributed by atoms with Gasteiger partial charge in [0.05, 0.1) is 28.2 Å². The molecule has 0 saturated heterocycles. The predicted octanol–water partition coefficient (Wildman–Crippen LogP) is 5.10. The van der Waals surface area contributed by atoms with Gasteiger partial charge in [0.1, 0.15) is 5.82 Å². The first-order chi connectivity index (χ1) is 15.9. The minimum Gasteiger partial charge on any atom is -0.356 e. The Bertz CT molecular complexity index is 1210. The van der Waals surface area contributed by atoms with Crippen LogP contribution in [0.25, 0.3) is 11.3 Å². The predicted molar refractivity (Wildman–Crippen MR) is 125 cm³/mol. The van der Waals surface area contributed by atoms with Gasteiger partial charge in [-0.1, -0.05) is 13.8 Å². The average Bonchev–Trinajstić information content (AvgIpc) is 3.49. The van der Waals surface area contributed by atoms with E-state index in [-0.39, 0.29) is 17.5 Å². The SMILES string of the molecule is CC(C)C1CC(=O)c2c([nH]c(-c3ccnc(C4(NC=O)CC4)c3)c2Nc2ccc(F)cc2)C1. The van der Waals surface area contributed by atoms with Gasteiger partial charge in [0.15, 0.2) is 5.78 Å². The lowest BCUT2D eigenvalue weighted by molar-refractivity contribution is -0.110. The summed E-state index contributed by atoms with van der Waals surface area (Å²) in [6.07, 6.45) is 5.45. The molecule has 2 aliphatic rings. The van der Waals surface area contributed by atoms with Crippen LogP contribution in [-0.2, 0) is 16.8 Å². The zero-order chi connectivity index (χ0) is 23.2. The van der Waals surface area contributed by atoms with Crippen LogP contribution in [0.1, 0.15) is 54.9 Å². The van der Waals surface area contributed by atoms with Crippen LogP contribution in [0, 0.1) is 17.7 Å². The maximum Gasteiger partial charge on any atom is 0.207 e. The number of halogens is 1. The number of nitrogens with one attached hydrogen (secondary N) is 3. The van der Waals surface area contributed by atoms with Crippen LogP contribution in [0.15, 0.2) is 42.6 Å². The van der Waals surface area contributed by atoms with Crippen molar-refractivity contribution in [3.63, 3.8) is 0 Å². The van der Waals surface area contributed by atoms with Gasteiger partial charge < -0.3 is 15.6 Å². The van der Waals surface area contributed by atoms with Gasteiger partial charge in [-0.15, -0.1) is 0 Å². The highest BCUT2D eigenvalue weighted by atomic mass is 19.1. The summed E-state index contributed by atoms with van der Waals surface area (Å²) in [7, 11) is 0. The number of benzene rings is 1. The first kappa shape index (κ1) is 21.4. The lowest BCUT2D eigenvalue weighted by atomic mass is 9.80. The molecule has 1 amide bonds. The molecule has 2 aliphatic carbocycles. The quantitative estimate of drug-likeness (QED) is 0.441. The van der Waals surface area contributed by atoms with Gasteiger partial charge in [0.2, 0.25) is 6.41 Å². The smallest absolute Gasteiger partial charge is 0.207 e. The second-order valence-electron chi connectivity index (χ2n) is 9.47. The molecule has 0 radical (unpaired) electrons. The Labute approximate surface area is 192 Å². The molecule has 33 heavy (non-hydrogen) atoms. The van der Waals surface area contributed by atoms with E-state index < -0.39 is 5.54 Å². The normalized spacial score (nSPS) is 18.7. The zero-order valence-electron chi connectivity index (χ0n) is 18.7. The molecule has 2 heterocycles. The second-order valence-corrected chi connectivity index (χ2v) is 9.47. The third-order valence-corrected chi connectivity index (χ3v) is 6.95. The van der Waals surface area contributed by atoms with Crippen LogP contribution in [0.5, 0.6) is 0 Å². The van der Waals surface area contributed by atoms with Crippen LogP contribution in [-0.4, -0.2) is 22.2 Å². The minimum atomic E-state index is -0.410. The molecule has 170 valence electrons. The molecule has 1 atom stereocenters. The number of aromatic nitrogens is 2. The zero-order valence-corrected chi connectivity index (χ0v) is 18.7. The Morgan fingerprint density at radius 2 is 1.94 bits per heavy atom. The topological polar surface area (TPSA) is 86.9 Å². The first-order valence-electron chi connectivity index (χ1n) is 11.4. The fourth-order valence-corrected chi connectivity index (χ4v) is 4.74. The Balaban J connectivity index is 1.61. The highest BCUT2D eigenvalue weighted by Gasteiger charge is 2.45. The van der Waals surface area contributed by atoms with E-state index in [1.807, 2.05) is 12.1 Å². The van der Waals surface area contributed by atoms with Gasteiger partial charge >= 0.3 is 0 Å². The van der Waals surface area contributed by atoms with E-state index in [0.717, 1.165) is 48.3 Å². The van der Waals surface area contributed by atoms with Crippen LogP contribution >= 0.6 is 0 Å². The maximum atomic E-state index is 13.5. The number of hydrogen-bond acceptors (Lipinski definition) is 4. The molecule has 0 bridgehead atoms. The summed E-state index contributed by atoms with van der Waals surface area (Å²) in [5.74, 6) is 0.482. The first-order valence-corrected chi connectivity index (χ1v) is 11.4. The van der Waals surface area contributed by atoms with Gasteiger partial charge in [-0.3, -0.25) is 14.6 Å². The number of pyridine rings is 1. The monoisotopic (exact) mass is 446 g/mol. The van der Waals surface area contributed by atoms with E-state index in [1.54, 1.807) is 18.3 Å². The third kappa shape index (κ3) is 3.92. The van der Waals surface area contributed by atoms with Crippen molar-refractivity contribution >= 4 is 23.6 Å². The molecule has 5 rings (SSSR count). The van der Waals surface area contributed by atoms with Crippen molar-refractivity contribution in [3.05, 3.63) is 65.4 Å². The average molecular weight is 447 g/mol. The lowest BCUT2D eigenvalue weighted by Crippen LogP contribution is -2.28. The number of H-pyrrole nitrogens is 1. The molecule has 1 fully saturated rings. The number of hydrogen-bond donors (Lipinski definition) is 3. The fourth-order valence-electron chi connectivity index (χ4n) is 4.74. The highest BCUT2D eigenvalue weighted by Crippen LogP contribution is 2.46. The van der Waals surface area contributed by atoms with E-state index in [0.29, 0.717) is 29.3 Å². The van der Waals surface area contributed by atoms with E-state index in [4.69, 9.17) is 0 Å². The van der Waals surface area contributed by atoms with Crippen LogP contribution in [0.3, 0.4) is 0 Å². The standard InChI is InChI=1S/C26H27FN4O2/c1-15(2)17-11-20-23(21(33)12-17)25(30-19-5-3-18(27)4-6-19)24(31-20)16-7-10-28-22(13-16)26(8-9-26)29-14-32/h3-7,10,13-15,17,30-31H,8-9,11-12H2,1-2H3,(H,29,32). The Morgan fingerprint density at radius 1 is 1.18 bits per heavy atom. The van der Waals surface area contributed by atoms with Crippen molar-refractivity contribution < 1.29 is 14.0 Å². The molecule has 6 nitrogen and oxygen atoms in total. The molecule has 2 aromatic heterocycles. The van der Waals surface area contributed by atoms with Crippen LogP contribution < -0.4 is 10.6 Å². The van der Waals surface area contributed by atoms with Gasteiger partial charge in [-0.2, -0.15) is 0 Å². The molecule has 3 aromatic rings. The number of Topliss-reactive ketones (excluding diaryl/α,β-unsaturated/α-hetero) is 1. The van der Waals surface area contributed by atoms with E-state index in [1.165, 1.54) is 12.1 Å². The van der Waals surface area contributed by atoms with Crippen molar-refractivity contribution in [2.45, 2.75) is 45.1 Å². The summed E-state index contributed by atoms with van der Waals surface area (Å²) < 4.78 is 13.5. The maximum absolute atomic E-state index is 13.5. The van der Waals surface area contributed by atoms with Crippen molar-refractivity contribution in [3.8, 4) is 11.3 Å². The minimum absolute atomic E-state index is 0.109. The highest BCUT2D eigenvalue weighted by molar-refractivity contribution is 6.07. The molecule has 1 aromatic carbocycles. The molecule has 0 spiro atoms. The number of nitrogens with zero attached hydrogens (tertiary/aromatic N) is 1. The van der Waals surface area contributed by atoms with Gasteiger partial charge in [0, 0.05) is 29.6 Å². The van der Waals surface area contributed by atoms with Crippen LogP contribution in [0.2, 0.25) is 0 Å². The molecule has 1 unspecified atom stereocenters. The van der Waals surface area contributed by atoms with Crippen molar-refractivity contribution in [2.75, 3.05) is 5.32 Å². The number of fused-ring (bicyclic) bond motifs is 1. The number of carbonyl (C=O) groups is 2. The van der Waals surface area contributed by atoms with Gasteiger partial charge in [-0.05, 0) is 67.5 Å². The van der Waals surface area contributed by atoms with E-state index in [9.17, 15) is 14.0 Å². The molecule has 7 heteroatoms. The van der Waals surface area contributed by atoms with Crippen molar-refractivity contribution in [2.24, 2.45) is 11.8 Å². The Morgan fingerprint density at radius 3 is 2.61 bits per heavy atom. The number of anilines is 2. The van der Waals surface area contributed by atoms with Gasteiger partial charge in [0.25, 0.3) is 0 Å². The summed E-state index contributed by atoms with van der Waals surface area (Å²) >= 11 is 0. The molecule has 3 N–H and O–H groups in total. The Hall–Kier alpha value is -3.48. The van der Waals surface area contributed by atoms with Crippen LogP contribution in [0.4, 0.5) is 15.8 Å². The van der Waals surface area contributed by atoms with E-state index in [2.05, 4.69) is 34.4 Å². The van der Waals surface area contributed by atoms with Gasteiger partial charge in [-0.25, -0.2) is 4.39 Å². The van der Waals surface area contributed by atoms with E-state index >= 15 is 0 Å². The summed E-state index contributed by atoms with van der Waals surface area (Å²) in [5.41, 5.74) is 5.08. The fraction of sp³-hybridized carbons (Fsp3) is 0.346. The number of rotatable bonds is 7. The number of amides is 1. The summed E-state index contributed by atoms with van der Waals surface area (Å²) in [4.78, 5) is 32.4. The molecule has 0 aliphatic heterocycles. The number of aromatic amines is 1. The third-order valence-electron chi connectivity index (χ3n) is 6.95. The number of carbonyl (C=O) groups excluding carboxylic acids is 2. The largest absolute Gasteiger partial charge is 0.356 e. The lowest BCUT2D eigenvalue weighted by Gasteiger charge is -2.25. The molecular weight excluding hydrogens is 419 g/mol. The van der Waals surface area contributed by atoms with Crippen molar-refractivity contribution in [1.29, 1.82) is 0 Å². The van der Waals surface area contributed by atoms with Crippen molar-refractivity contribution in [1.82, 2.24) is 15.3 Å². The summed E-state index contributed by atoms with van der Waals surface area (Å²) in [6, 6.07) is 9.98. The number of ketones is 1. The molecule has 1 saturated carbocycles. The summed E-state index contributed by atoms with van der Waals surface area (Å²) in [5, 5.41) is 6.27.